The average molecular weight is 377 g/mol. The van der Waals surface area contributed by atoms with Gasteiger partial charge in [-0.1, -0.05) is 0 Å². The Morgan fingerprint density at radius 2 is 1.29 bits per heavy atom. The first-order chi connectivity index (χ1) is 10.8. The van der Waals surface area contributed by atoms with Crippen molar-refractivity contribution in [3.63, 3.8) is 0 Å². The Morgan fingerprint density at radius 3 is 1.75 bits per heavy atom. The van der Waals surface area contributed by atoms with Gasteiger partial charge in [-0.25, -0.2) is 26.3 Å². The van der Waals surface area contributed by atoms with Crippen molar-refractivity contribution in [3.8, 4) is 0 Å². The molecule has 1 aromatic carbocycles. The molecule has 0 aliphatic heterocycles. The minimum Gasteiger partial charge on any atom is -0.325 e. The van der Waals surface area contributed by atoms with Gasteiger partial charge in [-0.05, 0) is 18.2 Å². The van der Waals surface area contributed by atoms with Gasteiger partial charge in [0.1, 0.15) is 4.90 Å². The molecule has 0 aliphatic carbocycles. The summed E-state index contributed by atoms with van der Waals surface area (Å²) in [6.45, 7) is 3.04. The average Bonchev–Trinajstić information content (AvgIpc) is 2.34. The predicted molar refractivity (Wildman–Crippen MR) is 82.8 cm³/mol. The van der Waals surface area contributed by atoms with Crippen molar-refractivity contribution < 1.29 is 31.2 Å². The molecule has 0 bridgehead atoms. The minimum atomic E-state index is -4.44. The zero-order valence-electron chi connectivity index (χ0n) is 12.9. The van der Waals surface area contributed by atoms with Crippen LogP contribution in [0.25, 0.3) is 0 Å². The third-order valence-electron chi connectivity index (χ3n) is 2.42. The molecule has 10 nitrogen and oxygen atoms in total. The van der Waals surface area contributed by atoms with Crippen LogP contribution in [0.15, 0.2) is 28.0 Å². The van der Waals surface area contributed by atoms with Crippen molar-refractivity contribution in [3.05, 3.63) is 18.2 Å². The van der Waals surface area contributed by atoms with Gasteiger partial charge in [0, 0.05) is 20.8 Å². The lowest BCUT2D eigenvalue weighted by Gasteiger charge is -2.13. The fourth-order valence-corrected chi connectivity index (χ4v) is 3.95. The van der Waals surface area contributed by atoms with Crippen LogP contribution >= 0.6 is 0 Å². The molecule has 0 saturated carbocycles. The lowest BCUT2D eigenvalue weighted by Crippen LogP contribution is -2.31. The predicted octanol–water partition coefficient (Wildman–Crippen LogP) is -0.705. The van der Waals surface area contributed by atoms with Gasteiger partial charge in [0.2, 0.25) is 17.7 Å². The number of hydrogen-bond acceptors (Lipinski definition) is 7. The van der Waals surface area contributed by atoms with Gasteiger partial charge >= 0.3 is 0 Å². The van der Waals surface area contributed by atoms with Crippen LogP contribution in [0.5, 0.6) is 0 Å². The van der Waals surface area contributed by atoms with E-state index in [-0.39, 0.29) is 5.69 Å². The lowest BCUT2D eigenvalue weighted by atomic mass is 10.3. The molecule has 3 N–H and O–H groups in total. The van der Waals surface area contributed by atoms with Crippen LogP contribution in [0.1, 0.15) is 20.8 Å². The molecule has 1 aromatic rings. The topological polar surface area (TPSA) is 156 Å². The summed E-state index contributed by atoms with van der Waals surface area (Å²) >= 11 is 0. The summed E-state index contributed by atoms with van der Waals surface area (Å²) in [5.74, 6) is -2.38. The van der Waals surface area contributed by atoms with Crippen LogP contribution in [-0.2, 0) is 34.4 Å². The first kappa shape index (κ1) is 19.6. The van der Waals surface area contributed by atoms with Crippen LogP contribution < -0.4 is 14.8 Å². The monoisotopic (exact) mass is 377 g/mol. The van der Waals surface area contributed by atoms with Gasteiger partial charge < -0.3 is 5.32 Å². The molecule has 12 heteroatoms. The summed E-state index contributed by atoms with van der Waals surface area (Å²) in [5, 5.41) is 2.22. The van der Waals surface area contributed by atoms with Crippen LogP contribution in [0, 0.1) is 0 Å². The molecule has 0 spiro atoms. The van der Waals surface area contributed by atoms with E-state index in [9.17, 15) is 31.2 Å². The molecule has 132 valence electrons. The highest BCUT2D eigenvalue weighted by Crippen LogP contribution is 2.25. The van der Waals surface area contributed by atoms with E-state index >= 15 is 0 Å². The van der Waals surface area contributed by atoms with Gasteiger partial charge in [-0.15, -0.1) is 0 Å². The first-order valence-electron chi connectivity index (χ1n) is 6.33. The Kier molecular flexibility index (Phi) is 5.68. The fraction of sp³-hybridized carbons (Fsp3) is 0.250. The molecule has 0 atom stereocenters. The Hall–Kier alpha value is -2.47. The van der Waals surface area contributed by atoms with E-state index in [1.54, 1.807) is 9.44 Å². The van der Waals surface area contributed by atoms with Crippen LogP contribution in [0.2, 0.25) is 0 Å². The maximum Gasteiger partial charge on any atom is 0.266 e. The molecule has 3 amide bonds. The Morgan fingerprint density at radius 1 is 0.792 bits per heavy atom. The molecule has 0 radical (unpaired) electrons. The highest BCUT2D eigenvalue weighted by atomic mass is 32.2. The summed E-state index contributed by atoms with van der Waals surface area (Å²) in [6.07, 6.45) is 0. The molecule has 1 rings (SSSR count). The van der Waals surface area contributed by atoms with Gasteiger partial charge in [-0.2, -0.15) is 0 Å². The van der Waals surface area contributed by atoms with E-state index in [0.29, 0.717) is 0 Å². The standard InChI is InChI=1S/C12H15N3O7S2/c1-7(16)13-11-5-4-10(23(19,20)14-8(2)17)6-12(11)24(21,22)15-9(3)18/h4-6H,1-3H3,(H,13,16)(H,14,17)(H,15,18). The Balaban J connectivity index is 3.57. The summed E-state index contributed by atoms with van der Waals surface area (Å²) in [5.41, 5.74) is -0.224. The number of rotatable bonds is 5. The molecule has 0 aliphatic rings. The second-order valence-electron chi connectivity index (χ2n) is 4.66. The highest BCUT2D eigenvalue weighted by molar-refractivity contribution is 7.91. The normalized spacial score (nSPS) is 11.5. The maximum absolute atomic E-state index is 12.2. The van der Waals surface area contributed by atoms with Crippen molar-refractivity contribution in [2.75, 3.05) is 5.32 Å². The molecule has 0 aromatic heterocycles. The lowest BCUT2D eigenvalue weighted by molar-refractivity contribution is -0.118. The zero-order valence-corrected chi connectivity index (χ0v) is 14.5. The van der Waals surface area contributed by atoms with E-state index in [1.807, 2.05) is 0 Å². The third-order valence-corrected chi connectivity index (χ3v) is 5.32. The number of carbonyl (C=O) groups is 3. The van der Waals surface area contributed by atoms with Crippen molar-refractivity contribution in [1.82, 2.24) is 9.44 Å². The van der Waals surface area contributed by atoms with E-state index in [0.717, 1.165) is 39.0 Å². The smallest absolute Gasteiger partial charge is 0.266 e. The highest BCUT2D eigenvalue weighted by Gasteiger charge is 2.25. The molecular weight excluding hydrogens is 362 g/mol. The first-order valence-corrected chi connectivity index (χ1v) is 9.30. The summed E-state index contributed by atoms with van der Waals surface area (Å²) in [7, 11) is -8.74. The van der Waals surface area contributed by atoms with Crippen LogP contribution in [0.3, 0.4) is 0 Å². The van der Waals surface area contributed by atoms with Gasteiger partial charge in [-0.3, -0.25) is 14.4 Å². The minimum absolute atomic E-state index is 0.224. The Labute approximate surface area is 138 Å². The van der Waals surface area contributed by atoms with E-state index < -0.39 is 47.6 Å². The van der Waals surface area contributed by atoms with Gasteiger partial charge in [0.15, 0.2) is 0 Å². The Bertz CT molecular complexity index is 905. The van der Waals surface area contributed by atoms with Crippen LogP contribution in [0.4, 0.5) is 5.69 Å². The van der Waals surface area contributed by atoms with Crippen molar-refractivity contribution in [2.24, 2.45) is 0 Å². The second kappa shape index (κ2) is 6.97. The molecule has 0 unspecified atom stereocenters. The zero-order chi connectivity index (χ0) is 18.7. The number of nitrogens with one attached hydrogen (secondary N) is 3. The number of amides is 3. The summed E-state index contributed by atoms with van der Waals surface area (Å²) in [4.78, 5) is 32.0. The van der Waals surface area contributed by atoms with Crippen molar-refractivity contribution in [1.29, 1.82) is 0 Å². The quantitative estimate of drug-likeness (QED) is 0.612. The number of benzene rings is 1. The fourth-order valence-electron chi connectivity index (χ4n) is 1.68. The van der Waals surface area contributed by atoms with Crippen LogP contribution in [-0.4, -0.2) is 34.6 Å². The number of carbonyl (C=O) groups excluding carboxylic acids is 3. The van der Waals surface area contributed by atoms with Crippen molar-refractivity contribution >= 4 is 43.5 Å². The SMILES string of the molecule is CC(=O)Nc1ccc(S(=O)(=O)NC(C)=O)cc1S(=O)(=O)NC(C)=O. The third kappa shape index (κ3) is 5.03. The van der Waals surface area contributed by atoms with Gasteiger partial charge in [0.05, 0.1) is 10.6 Å². The summed E-state index contributed by atoms with van der Waals surface area (Å²) < 4.78 is 51.7. The largest absolute Gasteiger partial charge is 0.325 e. The molecule has 0 saturated heterocycles. The second-order valence-corrected chi connectivity index (χ2v) is 8.00. The van der Waals surface area contributed by atoms with E-state index in [2.05, 4.69) is 5.32 Å². The maximum atomic E-state index is 12.2. The number of anilines is 1. The van der Waals surface area contributed by atoms with E-state index in [4.69, 9.17) is 0 Å². The van der Waals surface area contributed by atoms with E-state index in [1.165, 1.54) is 0 Å². The number of hydrogen-bond donors (Lipinski definition) is 3. The number of sulfonamides is 2. The molecular formula is C12H15N3O7S2. The molecule has 0 heterocycles. The molecule has 24 heavy (non-hydrogen) atoms. The summed E-state index contributed by atoms with van der Waals surface area (Å²) in [6, 6.07) is 2.76. The van der Waals surface area contributed by atoms with Crippen molar-refractivity contribution in [2.45, 2.75) is 30.6 Å². The molecule has 0 fully saturated rings. The van der Waals surface area contributed by atoms with Gasteiger partial charge in [0.25, 0.3) is 20.0 Å².